The van der Waals surface area contributed by atoms with Gasteiger partial charge in [0.2, 0.25) is 0 Å². The predicted octanol–water partition coefficient (Wildman–Crippen LogP) is 2.80. The van der Waals surface area contributed by atoms with Gasteiger partial charge in [0.05, 0.1) is 17.3 Å². The second-order valence-corrected chi connectivity index (χ2v) is 5.31. The van der Waals surface area contributed by atoms with Gasteiger partial charge in [-0.1, -0.05) is 0 Å². The third-order valence-electron chi connectivity index (χ3n) is 2.93. The topological polar surface area (TPSA) is 79.8 Å². The van der Waals surface area contributed by atoms with Crippen LogP contribution in [0.3, 0.4) is 0 Å². The van der Waals surface area contributed by atoms with Gasteiger partial charge in [0, 0.05) is 25.1 Å². The van der Waals surface area contributed by atoms with Gasteiger partial charge in [-0.3, -0.25) is 14.8 Å². The SMILES string of the molecule is O=C(Nc1cncs1)c1cccnc1NCc1ccncc1. The Kier molecular flexibility index (Phi) is 4.35. The molecule has 3 heterocycles. The van der Waals surface area contributed by atoms with Gasteiger partial charge < -0.3 is 10.6 Å². The first-order valence-corrected chi connectivity index (χ1v) is 7.48. The number of anilines is 2. The zero-order chi connectivity index (χ0) is 15.2. The molecule has 0 spiro atoms. The molecule has 3 rings (SSSR count). The van der Waals surface area contributed by atoms with Gasteiger partial charge in [0.1, 0.15) is 10.8 Å². The molecule has 0 aliphatic rings. The third-order valence-corrected chi connectivity index (χ3v) is 3.62. The molecule has 0 saturated heterocycles. The second kappa shape index (κ2) is 6.77. The number of amides is 1. The van der Waals surface area contributed by atoms with E-state index in [4.69, 9.17) is 0 Å². The summed E-state index contributed by atoms with van der Waals surface area (Å²) in [4.78, 5) is 24.5. The van der Waals surface area contributed by atoms with Crippen molar-refractivity contribution >= 4 is 28.1 Å². The Hall–Kier alpha value is -2.80. The molecule has 2 N–H and O–H groups in total. The monoisotopic (exact) mass is 311 g/mol. The largest absolute Gasteiger partial charge is 0.365 e. The lowest BCUT2D eigenvalue weighted by atomic mass is 10.2. The van der Waals surface area contributed by atoms with E-state index in [1.807, 2.05) is 12.1 Å². The summed E-state index contributed by atoms with van der Waals surface area (Å²) in [6.45, 7) is 0.570. The molecule has 0 aliphatic heterocycles. The van der Waals surface area contributed by atoms with Crippen molar-refractivity contribution in [3.63, 3.8) is 0 Å². The van der Waals surface area contributed by atoms with Crippen LogP contribution in [0, 0.1) is 0 Å². The molecule has 0 fully saturated rings. The molecule has 0 saturated carbocycles. The van der Waals surface area contributed by atoms with Crippen molar-refractivity contribution in [3.8, 4) is 0 Å². The van der Waals surface area contributed by atoms with Crippen molar-refractivity contribution in [2.75, 3.05) is 10.6 Å². The molecule has 0 unspecified atom stereocenters. The van der Waals surface area contributed by atoms with Crippen molar-refractivity contribution in [2.24, 2.45) is 0 Å². The molecule has 0 aromatic carbocycles. The number of nitrogens with zero attached hydrogens (tertiary/aromatic N) is 3. The van der Waals surface area contributed by atoms with Crippen LogP contribution in [-0.2, 0) is 6.54 Å². The summed E-state index contributed by atoms with van der Waals surface area (Å²) in [6, 6.07) is 7.29. The average Bonchev–Trinajstić information content (AvgIpc) is 3.07. The Morgan fingerprint density at radius 2 is 2.00 bits per heavy atom. The molecule has 0 bridgehead atoms. The maximum absolute atomic E-state index is 12.3. The van der Waals surface area contributed by atoms with E-state index < -0.39 is 0 Å². The van der Waals surface area contributed by atoms with Crippen LogP contribution < -0.4 is 10.6 Å². The summed E-state index contributed by atoms with van der Waals surface area (Å²) < 4.78 is 0. The van der Waals surface area contributed by atoms with Crippen LogP contribution >= 0.6 is 11.3 Å². The van der Waals surface area contributed by atoms with Crippen molar-refractivity contribution in [1.82, 2.24) is 15.0 Å². The zero-order valence-electron chi connectivity index (χ0n) is 11.6. The van der Waals surface area contributed by atoms with Gasteiger partial charge in [-0.15, -0.1) is 11.3 Å². The van der Waals surface area contributed by atoms with Crippen molar-refractivity contribution in [2.45, 2.75) is 6.54 Å². The smallest absolute Gasteiger partial charge is 0.260 e. The quantitative estimate of drug-likeness (QED) is 0.757. The molecule has 6 nitrogen and oxygen atoms in total. The van der Waals surface area contributed by atoms with Gasteiger partial charge in [-0.2, -0.15) is 0 Å². The third kappa shape index (κ3) is 3.44. The summed E-state index contributed by atoms with van der Waals surface area (Å²) in [5.74, 6) is 0.330. The first-order valence-electron chi connectivity index (χ1n) is 6.60. The lowest BCUT2D eigenvalue weighted by molar-refractivity contribution is 0.102. The molecule has 0 radical (unpaired) electrons. The lowest BCUT2D eigenvalue weighted by Gasteiger charge is -2.10. The Morgan fingerprint density at radius 3 is 2.77 bits per heavy atom. The van der Waals surface area contributed by atoms with Crippen LogP contribution in [0.4, 0.5) is 10.8 Å². The van der Waals surface area contributed by atoms with Crippen LogP contribution in [0.25, 0.3) is 0 Å². The second-order valence-electron chi connectivity index (χ2n) is 4.43. The molecule has 22 heavy (non-hydrogen) atoms. The van der Waals surface area contributed by atoms with Gasteiger partial charge in [-0.05, 0) is 29.8 Å². The first kappa shape index (κ1) is 14.2. The number of hydrogen-bond donors (Lipinski definition) is 2. The molecular formula is C15H13N5OS. The highest BCUT2D eigenvalue weighted by molar-refractivity contribution is 7.14. The van der Waals surface area contributed by atoms with Gasteiger partial charge in [-0.25, -0.2) is 4.98 Å². The van der Waals surface area contributed by atoms with E-state index in [0.717, 1.165) is 5.56 Å². The molecular weight excluding hydrogens is 298 g/mol. The number of thiazole rings is 1. The molecule has 7 heteroatoms. The van der Waals surface area contributed by atoms with Crippen LogP contribution in [0.1, 0.15) is 15.9 Å². The van der Waals surface area contributed by atoms with Gasteiger partial charge in [0.25, 0.3) is 5.91 Å². The van der Waals surface area contributed by atoms with E-state index in [1.165, 1.54) is 11.3 Å². The Bertz CT molecular complexity index is 746. The summed E-state index contributed by atoms with van der Waals surface area (Å²) in [5.41, 5.74) is 3.22. The fourth-order valence-electron chi connectivity index (χ4n) is 1.87. The standard InChI is InChI=1S/C15H13N5OS/c21-15(20-13-9-17-10-22-13)12-2-1-5-18-14(12)19-8-11-3-6-16-7-4-11/h1-7,9-10H,8H2,(H,18,19)(H,20,21). The van der Waals surface area contributed by atoms with E-state index in [2.05, 4.69) is 25.6 Å². The number of carbonyl (C=O) groups excluding carboxylic acids is 1. The first-order chi connectivity index (χ1) is 10.8. The highest BCUT2D eigenvalue weighted by Gasteiger charge is 2.12. The number of pyridine rings is 2. The number of hydrogen-bond acceptors (Lipinski definition) is 6. The van der Waals surface area contributed by atoms with E-state index in [1.54, 1.807) is 42.4 Å². The number of rotatable bonds is 5. The normalized spacial score (nSPS) is 10.2. The Labute approximate surface area is 131 Å². The van der Waals surface area contributed by atoms with E-state index in [9.17, 15) is 4.79 Å². The van der Waals surface area contributed by atoms with Crippen molar-refractivity contribution in [3.05, 3.63) is 65.7 Å². The average molecular weight is 311 g/mol. The summed E-state index contributed by atoms with van der Waals surface area (Å²) in [7, 11) is 0. The van der Waals surface area contributed by atoms with E-state index in [-0.39, 0.29) is 5.91 Å². The fourth-order valence-corrected chi connectivity index (χ4v) is 2.38. The summed E-state index contributed by atoms with van der Waals surface area (Å²) in [5, 5.41) is 6.68. The van der Waals surface area contributed by atoms with Crippen LogP contribution in [0.5, 0.6) is 0 Å². The minimum absolute atomic E-state index is 0.213. The molecule has 1 amide bonds. The minimum Gasteiger partial charge on any atom is -0.365 e. The minimum atomic E-state index is -0.213. The van der Waals surface area contributed by atoms with E-state index >= 15 is 0 Å². The maximum Gasteiger partial charge on any atom is 0.260 e. The Morgan fingerprint density at radius 1 is 1.14 bits per heavy atom. The van der Waals surface area contributed by atoms with Crippen molar-refractivity contribution in [1.29, 1.82) is 0 Å². The van der Waals surface area contributed by atoms with Gasteiger partial charge in [0.15, 0.2) is 0 Å². The molecule has 0 atom stereocenters. The number of carbonyl (C=O) groups is 1. The highest BCUT2D eigenvalue weighted by Crippen LogP contribution is 2.18. The molecule has 3 aromatic rings. The fraction of sp³-hybridized carbons (Fsp3) is 0.0667. The highest BCUT2D eigenvalue weighted by atomic mass is 32.1. The van der Waals surface area contributed by atoms with E-state index in [0.29, 0.717) is 22.9 Å². The van der Waals surface area contributed by atoms with Gasteiger partial charge >= 0.3 is 0 Å². The lowest BCUT2D eigenvalue weighted by Crippen LogP contribution is -2.15. The summed E-state index contributed by atoms with van der Waals surface area (Å²) in [6.07, 6.45) is 6.72. The Balaban J connectivity index is 1.73. The van der Waals surface area contributed by atoms with Crippen LogP contribution in [0.15, 0.2) is 54.6 Å². The van der Waals surface area contributed by atoms with Crippen molar-refractivity contribution < 1.29 is 4.79 Å². The number of aromatic nitrogens is 3. The van der Waals surface area contributed by atoms with Crippen LogP contribution in [0.2, 0.25) is 0 Å². The van der Waals surface area contributed by atoms with Crippen LogP contribution in [-0.4, -0.2) is 20.9 Å². The zero-order valence-corrected chi connectivity index (χ0v) is 12.4. The maximum atomic E-state index is 12.3. The molecule has 0 aliphatic carbocycles. The summed E-state index contributed by atoms with van der Waals surface area (Å²) >= 11 is 1.37. The number of nitrogens with one attached hydrogen (secondary N) is 2. The molecule has 3 aromatic heterocycles. The predicted molar refractivity (Wildman–Crippen MR) is 85.9 cm³/mol. The molecule has 110 valence electrons.